The lowest BCUT2D eigenvalue weighted by atomic mass is 10.1. The lowest BCUT2D eigenvalue weighted by Crippen LogP contribution is -2.52. The van der Waals surface area contributed by atoms with Crippen LogP contribution in [0.15, 0.2) is 71.6 Å². The van der Waals surface area contributed by atoms with E-state index in [2.05, 4.69) is 5.32 Å². The van der Waals surface area contributed by atoms with Crippen LogP contribution in [0.5, 0.6) is 11.5 Å². The molecule has 1 saturated carbocycles. The first-order valence-corrected chi connectivity index (χ1v) is 16.1. The molecule has 0 radical (unpaired) electrons. The normalized spacial score (nSPS) is 14.2. The largest absolute Gasteiger partial charge is 0.497 e. The van der Waals surface area contributed by atoms with Gasteiger partial charge in [-0.1, -0.05) is 60.3 Å². The van der Waals surface area contributed by atoms with Crippen LogP contribution in [0.2, 0.25) is 10.0 Å². The molecule has 230 valence electrons. The minimum atomic E-state index is -4.28. The molecular weight excluding hydrogens is 613 g/mol. The highest BCUT2D eigenvalue weighted by Gasteiger charge is 2.34. The molecule has 0 unspecified atom stereocenters. The SMILES string of the molecule is COc1ccc(OC)c(N(CC(=O)N(Cc2ccc(Cl)c(Cl)c2)[C@@H](C)C(=O)NC2CCCC2)S(=O)(=O)c2ccccc2)c1. The Morgan fingerprint density at radius 1 is 0.953 bits per heavy atom. The quantitative estimate of drug-likeness (QED) is 0.271. The van der Waals surface area contributed by atoms with Crippen LogP contribution in [0.3, 0.4) is 0 Å². The Bertz CT molecular complexity index is 1550. The Hall–Kier alpha value is -3.47. The summed E-state index contributed by atoms with van der Waals surface area (Å²) < 4.78 is 40.0. The van der Waals surface area contributed by atoms with Gasteiger partial charge in [0.25, 0.3) is 10.0 Å². The van der Waals surface area contributed by atoms with Gasteiger partial charge in [-0.2, -0.15) is 0 Å². The van der Waals surface area contributed by atoms with Gasteiger partial charge in [0.1, 0.15) is 24.1 Å². The van der Waals surface area contributed by atoms with E-state index in [1.54, 1.807) is 55.5 Å². The molecule has 4 rings (SSSR count). The highest BCUT2D eigenvalue weighted by atomic mass is 35.5. The molecule has 0 heterocycles. The fourth-order valence-corrected chi connectivity index (χ4v) is 6.79. The molecule has 1 atom stereocenters. The van der Waals surface area contributed by atoms with E-state index in [0.717, 1.165) is 30.0 Å². The number of carbonyl (C=O) groups excluding carboxylic acids is 2. The number of hydrogen-bond acceptors (Lipinski definition) is 6. The number of amides is 2. The molecule has 0 saturated heterocycles. The van der Waals surface area contributed by atoms with Crippen molar-refractivity contribution in [1.82, 2.24) is 10.2 Å². The summed E-state index contributed by atoms with van der Waals surface area (Å²) in [5.74, 6) is -0.342. The van der Waals surface area contributed by atoms with E-state index < -0.39 is 28.5 Å². The van der Waals surface area contributed by atoms with Crippen molar-refractivity contribution < 1.29 is 27.5 Å². The molecule has 0 aliphatic heterocycles. The second-order valence-corrected chi connectivity index (χ2v) is 13.0. The fraction of sp³-hybridized carbons (Fsp3) is 0.355. The van der Waals surface area contributed by atoms with Gasteiger partial charge in [-0.15, -0.1) is 0 Å². The van der Waals surface area contributed by atoms with E-state index in [9.17, 15) is 18.0 Å². The van der Waals surface area contributed by atoms with Crippen LogP contribution in [0.4, 0.5) is 5.69 Å². The zero-order valence-corrected chi connectivity index (χ0v) is 26.6. The van der Waals surface area contributed by atoms with E-state index in [1.807, 2.05) is 0 Å². The number of methoxy groups -OCH3 is 2. The van der Waals surface area contributed by atoms with Crippen molar-refractivity contribution in [2.24, 2.45) is 0 Å². The van der Waals surface area contributed by atoms with Crippen LogP contribution in [-0.4, -0.2) is 58.0 Å². The zero-order valence-electron chi connectivity index (χ0n) is 24.3. The number of hydrogen-bond donors (Lipinski definition) is 1. The van der Waals surface area contributed by atoms with E-state index >= 15 is 0 Å². The van der Waals surface area contributed by atoms with Crippen LogP contribution in [0.1, 0.15) is 38.2 Å². The maximum absolute atomic E-state index is 14.2. The Labute approximate surface area is 262 Å². The number of benzene rings is 3. The second kappa shape index (κ2) is 14.3. The third kappa shape index (κ3) is 7.74. The number of rotatable bonds is 12. The van der Waals surface area contributed by atoms with Crippen molar-refractivity contribution in [3.05, 3.63) is 82.3 Å². The van der Waals surface area contributed by atoms with E-state index in [-0.39, 0.29) is 34.8 Å². The minimum absolute atomic E-state index is 0.0105. The fourth-order valence-electron chi connectivity index (χ4n) is 5.03. The summed E-state index contributed by atoms with van der Waals surface area (Å²) >= 11 is 12.4. The molecule has 2 amide bonds. The third-order valence-electron chi connectivity index (χ3n) is 7.47. The predicted molar refractivity (Wildman–Crippen MR) is 167 cm³/mol. The number of nitrogens with zero attached hydrogens (tertiary/aromatic N) is 2. The average Bonchev–Trinajstić information content (AvgIpc) is 3.53. The summed E-state index contributed by atoms with van der Waals surface area (Å²) in [5.41, 5.74) is 0.733. The lowest BCUT2D eigenvalue weighted by molar-refractivity contribution is -0.139. The van der Waals surface area contributed by atoms with Crippen LogP contribution in [0, 0.1) is 0 Å². The van der Waals surface area contributed by atoms with Crippen molar-refractivity contribution in [1.29, 1.82) is 0 Å². The Balaban J connectivity index is 1.75. The molecule has 1 N–H and O–H groups in total. The van der Waals surface area contributed by atoms with Crippen molar-refractivity contribution in [3.8, 4) is 11.5 Å². The Kier molecular flexibility index (Phi) is 10.8. The molecule has 43 heavy (non-hydrogen) atoms. The van der Waals surface area contributed by atoms with Gasteiger partial charge in [0.15, 0.2) is 0 Å². The van der Waals surface area contributed by atoms with Gasteiger partial charge >= 0.3 is 0 Å². The maximum atomic E-state index is 14.2. The standard InChI is InChI=1S/C31H35Cl2N3O6S/c1-21(31(38)34-23-9-7-8-10-23)35(19-22-13-15-26(32)27(33)17-22)30(37)20-36(43(39,40)25-11-5-4-6-12-25)28-18-24(41-2)14-16-29(28)42-3/h4-6,11-18,21,23H,7-10,19-20H2,1-3H3,(H,34,38)/t21-/m0/s1. The molecule has 0 spiro atoms. The summed E-state index contributed by atoms with van der Waals surface area (Å²) in [6.45, 7) is 0.994. The molecule has 12 heteroatoms. The van der Waals surface area contributed by atoms with Crippen LogP contribution < -0.4 is 19.1 Å². The Morgan fingerprint density at radius 2 is 1.65 bits per heavy atom. The summed E-state index contributed by atoms with van der Waals surface area (Å²) in [5, 5.41) is 3.69. The average molecular weight is 649 g/mol. The molecule has 0 aromatic heterocycles. The van der Waals surface area contributed by atoms with Crippen LogP contribution in [-0.2, 0) is 26.2 Å². The molecule has 3 aromatic rings. The molecule has 0 bridgehead atoms. The Morgan fingerprint density at radius 3 is 2.28 bits per heavy atom. The van der Waals surface area contributed by atoms with E-state index in [4.69, 9.17) is 32.7 Å². The highest BCUT2D eigenvalue weighted by molar-refractivity contribution is 7.92. The number of anilines is 1. The van der Waals surface area contributed by atoms with Crippen molar-refractivity contribution in [3.63, 3.8) is 0 Å². The van der Waals surface area contributed by atoms with E-state index in [0.29, 0.717) is 21.4 Å². The lowest BCUT2D eigenvalue weighted by Gasteiger charge is -2.33. The summed E-state index contributed by atoms with van der Waals surface area (Å²) in [4.78, 5) is 28.9. The second-order valence-electron chi connectivity index (χ2n) is 10.3. The number of carbonyl (C=O) groups is 2. The van der Waals surface area contributed by atoms with Gasteiger partial charge in [0, 0.05) is 18.7 Å². The van der Waals surface area contributed by atoms with Crippen LogP contribution in [0.25, 0.3) is 0 Å². The van der Waals surface area contributed by atoms with Gasteiger partial charge in [-0.3, -0.25) is 13.9 Å². The van der Waals surface area contributed by atoms with Crippen molar-refractivity contribution >= 4 is 50.7 Å². The molecule has 1 aliphatic rings. The zero-order chi connectivity index (χ0) is 31.1. The van der Waals surface area contributed by atoms with Gasteiger partial charge < -0.3 is 19.7 Å². The first-order valence-electron chi connectivity index (χ1n) is 13.9. The number of nitrogens with one attached hydrogen (secondary N) is 1. The molecule has 1 aliphatic carbocycles. The first-order chi connectivity index (χ1) is 20.5. The van der Waals surface area contributed by atoms with Crippen molar-refractivity contribution in [2.45, 2.75) is 56.1 Å². The number of halogens is 2. The molecule has 9 nitrogen and oxygen atoms in total. The summed E-state index contributed by atoms with van der Waals surface area (Å²) in [7, 11) is -1.41. The van der Waals surface area contributed by atoms with Gasteiger partial charge in [-0.05, 0) is 61.7 Å². The molecule has 1 fully saturated rings. The monoisotopic (exact) mass is 647 g/mol. The maximum Gasteiger partial charge on any atom is 0.264 e. The predicted octanol–water partition coefficient (Wildman–Crippen LogP) is 5.68. The van der Waals surface area contributed by atoms with Crippen LogP contribution >= 0.6 is 23.2 Å². The van der Waals surface area contributed by atoms with Crippen molar-refractivity contribution in [2.75, 3.05) is 25.1 Å². The van der Waals surface area contributed by atoms with Gasteiger partial charge in [0.2, 0.25) is 11.8 Å². The highest BCUT2D eigenvalue weighted by Crippen LogP contribution is 2.36. The molecule has 3 aromatic carbocycles. The summed E-state index contributed by atoms with van der Waals surface area (Å²) in [6, 6.07) is 16.5. The minimum Gasteiger partial charge on any atom is -0.497 e. The topological polar surface area (TPSA) is 105 Å². The van der Waals surface area contributed by atoms with E-state index in [1.165, 1.54) is 37.3 Å². The van der Waals surface area contributed by atoms with Gasteiger partial charge in [-0.25, -0.2) is 8.42 Å². The summed E-state index contributed by atoms with van der Waals surface area (Å²) in [6.07, 6.45) is 3.80. The smallest absolute Gasteiger partial charge is 0.264 e. The third-order valence-corrected chi connectivity index (χ3v) is 9.98. The number of sulfonamides is 1. The van der Waals surface area contributed by atoms with Gasteiger partial charge in [0.05, 0.1) is 34.8 Å². The number of ether oxygens (including phenoxy) is 2. The first kappa shape index (κ1) is 32.4. The molecular formula is C31H35Cl2N3O6S.